The Morgan fingerprint density at radius 2 is 2.04 bits per heavy atom. The highest BCUT2D eigenvalue weighted by Crippen LogP contribution is 2.59. The van der Waals surface area contributed by atoms with Gasteiger partial charge in [0.05, 0.1) is 31.6 Å². The zero-order valence-electron chi connectivity index (χ0n) is 17.6. The standard InChI is InChI=1S/C22H35N3O3/c1-16-10-20(28-23-16)13-25-8-6-24(7-9-25)12-19(26)15-27-14-17-4-5-18-11-21(17)22(18,2)3/h4,10,18-19,21,26H,5-9,11-15H2,1-3H3. The van der Waals surface area contributed by atoms with Gasteiger partial charge in [0.15, 0.2) is 5.76 Å². The van der Waals surface area contributed by atoms with Crippen LogP contribution >= 0.6 is 0 Å². The van der Waals surface area contributed by atoms with Crippen LogP contribution in [0, 0.1) is 24.2 Å². The summed E-state index contributed by atoms with van der Waals surface area (Å²) in [5, 5.41) is 14.3. The van der Waals surface area contributed by atoms with Gasteiger partial charge >= 0.3 is 0 Å². The highest BCUT2D eigenvalue weighted by Gasteiger charge is 2.50. The van der Waals surface area contributed by atoms with E-state index in [9.17, 15) is 5.11 Å². The van der Waals surface area contributed by atoms with Crippen molar-refractivity contribution in [2.45, 2.75) is 46.3 Å². The van der Waals surface area contributed by atoms with Crippen LogP contribution in [-0.4, -0.2) is 72.1 Å². The monoisotopic (exact) mass is 389 g/mol. The van der Waals surface area contributed by atoms with Crippen LogP contribution in [0.15, 0.2) is 22.2 Å². The van der Waals surface area contributed by atoms with Gasteiger partial charge in [-0.05, 0) is 42.6 Å². The summed E-state index contributed by atoms with van der Waals surface area (Å²) in [5.74, 6) is 2.47. The maximum absolute atomic E-state index is 10.4. The zero-order chi connectivity index (χ0) is 19.7. The van der Waals surface area contributed by atoms with Crippen LogP contribution in [-0.2, 0) is 11.3 Å². The van der Waals surface area contributed by atoms with Crippen molar-refractivity contribution in [2.75, 3.05) is 45.9 Å². The second kappa shape index (κ2) is 8.27. The van der Waals surface area contributed by atoms with Crippen molar-refractivity contribution in [1.82, 2.24) is 15.0 Å². The molecule has 28 heavy (non-hydrogen) atoms. The molecule has 3 atom stereocenters. The van der Waals surface area contributed by atoms with Crippen LogP contribution in [0.2, 0.25) is 0 Å². The summed E-state index contributed by atoms with van der Waals surface area (Å²) >= 11 is 0. The first-order valence-electron chi connectivity index (χ1n) is 10.7. The molecule has 2 fully saturated rings. The van der Waals surface area contributed by atoms with Gasteiger partial charge in [0.25, 0.3) is 0 Å². The number of aromatic nitrogens is 1. The first-order chi connectivity index (χ1) is 13.4. The summed E-state index contributed by atoms with van der Waals surface area (Å²) in [6.45, 7) is 13.2. The molecule has 156 valence electrons. The predicted octanol–water partition coefficient (Wildman–Crippen LogP) is 2.47. The topological polar surface area (TPSA) is 62.0 Å². The van der Waals surface area contributed by atoms with Crippen molar-refractivity contribution in [3.05, 3.63) is 29.2 Å². The Bertz CT molecular complexity index is 691. The van der Waals surface area contributed by atoms with E-state index in [1.807, 2.05) is 13.0 Å². The van der Waals surface area contributed by atoms with E-state index in [1.54, 1.807) is 0 Å². The van der Waals surface area contributed by atoms with E-state index in [-0.39, 0.29) is 0 Å². The van der Waals surface area contributed by atoms with Gasteiger partial charge in [-0.3, -0.25) is 9.80 Å². The summed E-state index contributed by atoms with van der Waals surface area (Å²) in [5.41, 5.74) is 2.83. The SMILES string of the molecule is Cc1cc(CN2CCN(CC(O)COCC3=CCC4CC3C4(C)C)CC2)on1. The number of ether oxygens (including phenoxy) is 1. The van der Waals surface area contributed by atoms with Gasteiger partial charge in [0.1, 0.15) is 0 Å². The van der Waals surface area contributed by atoms with E-state index in [4.69, 9.17) is 9.26 Å². The van der Waals surface area contributed by atoms with Gasteiger partial charge in [-0.2, -0.15) is 0 Å². The minimum atomic E-state index is -0.421. The molecule has 0 radical (unpaired) electrons. The Balaban J connectivity index is 1.12. The number of rotatable bonds is 8. The summed E-state index contributed by atoms with van der Waals surface area (Å²) in [7, 11) is 0. The van der Waals surface area contributed by atoms with E-state index in [1.165, 1.54) is 18.4 Å². The van der Waals surface area contributed by atoms with Crippen molar-refractivity contribution < 1.29 is 14.4 Å². The van der Waals surface area contributed by atoms with Crippen LogP contribution in [0.4, 0.5) is 0 Å². The number of hydrogen-bond donors (Lipinski definition) is 1. The van der Waals surface area contributed by atoms with Crippen molar-refractivity contribution in [3.63, 3.8) is 0 Å². The number of fused-ring (bicyclic) bond motifs is 1. The van der Waals surface area contributed by atoms with Gasteiger partial charge < -0.3 is 14.4 Å². The molecular weight excluding hydrogens is 354 g/mol. The summed E-state index contributed by atoms with van der Waals surface area (Å²) in [4.78, 5) is 4.71. The molecule has 1 aromatic heterocycles. The number of β-amino-alcohol motifs (C(OH)–C–C–N with tert-alkyl or cyclic N) is 1. The molecule has 1 N–H and O–H groups in total. The number of hydrogen-bond acceptors (Lipinski definition) is 6. The van der Waals surface area contributed by atoms with Gasteiger partial charge in [-0.25, -0.2) is 0 Å². The van der Waals surface area contributed by atoms with Gasteiger partial charge in [0.2, 0.25) is 0 Å². The van der Waals surface area contributed by atoms with E-state index in [0.717, 1.165) is 50.1 Å². The molecule has 2 heterocycles. The first kappa shape index (κ1) is 20.1. The molecule has 0 spiro atoms. The van der Waals surface area contributed by atoms with Gasteiger partial charge in [-0.1, -0.05) is 25.1 Å². The molecule has 0 amide bonds. The lowest BCUT2D eigenvalue weighted by Crippen LogP contribution is -2.49. The van der Waals surface area contributed by atoms with Crippen LogP contribution in [0.5, 0.6) is 0 Å². The van der Waals surface area contributed by atoms with Crippen molar-refractivity contribution in [2.24, 2.45) is 17.3 Å². The fraction of sp³-hybridized carbons (Fsp3) is 0.773. The van der Waals surface area contributed by atoms with Crippen LogP contribution in [0.25, 0.3) is 0 Å². The second-order valence-electron chi connectivity index (χ2n) is 9.50. The molecule has 5 rings (SSSR count). The third kappa shape index (κ3) is 4.35. The number of allylic oxidation sites excluding steroid dienone is 1. The molecule has 6 heteroatoms. The number of aliphatic hydroxyl groups excluding tert-OH is 1. The zero-order valence-corrected chi connectivity index (χ0v) is 17.6. The molecule has 1 aromatic rings. The number of aryl methyl sites for hydroxylation is 1. The molecule has 2 bridgehead atoms. The predicted molar refractivity (Wildman–Crippen MR) is 108 cm³/mol. The Morgan fingerprint density at radius 1 is 1.29 bits per heavy atom. The van der Waals surface area contributed by atoms with Gasteiger partial charge in [-0.15, -0.1) is 0 Å². The molecule has 1 saturated carbocycles. The van der Waals surface area contributed by atoms with Gasteiger partial charge in [0, 0.05) is 38.8 Å². The quantitative estimate of drug-likeness (QED) is 0.689. The Kier molecular flexibility index (Phi) is 5.93. The molecule has 0 aromatic carbocycles. The molecule has 3 aliphatic carbocycles. The molecular formula is C22H35N3O3. The largest absolute Gasteiger partial charge is 0.389 e. The Hall–Kier alpha value is -1.21. The van der Waals surface area contributed by atoms with Crippen molar-refractivity contribution in [1.29, 1.82) is 0 Å². The highest BCUT2D eigenvalue weighted by molar-refractivity contribution is 5.23. The number of aliphatic hydroxyl groups is 1. The van der Waals surface area contributed by atoms with E-state index in [0.29, 0.717) is 31.1 Å². The van der Waals surface area contributed by atoms with Crippen LogP contribution < -0.4 is 0 Å². The van der Waals surface area contributed by atoms with E-state index < -0.39 is 6.10 Å². The van der Waals surface area contributed by atoms with Crippen molar-refractivity contribution >= 4 is 0 Å². The summed E-state index contributed by atoms with van der Waals surface area (Å²) < 4.78 is 11.2. The highest BCUT2D eigenvalue weighted by atomic mass is 16.5. The lowest BCUT2D eigenvalue weighted by atomic mass is 9.49. The summed E-state index contributed by atoms with van der Waals surface area (Å²) in [6.07, 6.45) is 4.48. The smallest absolute Gasteiger partial charge is 0.150 e. The molecule has 4 aliphatic rings. The lowest BCUT2D eigenvalue weighted by molar-refractivity contribution is -0.0276. The number of nitrogens with zero attached hydrogens (tertiary/aromatic N) is 3. The molecule has 1 aliphatic heterocycles. The second-order valence-corrected chi connectivity index (χ2v) is 9.50. The van der Waals surface area contributed by atoms with Crippen molar-refractivity contribution in [3.8, 4) is 0 Å². The average molecular weight is 390 g/mol. The third-order valence-electron chi connectivity index (χ3n) is 7.15. The van der Waals surface area contributed by atoms with Crippen LogP contribution in [0.3, 0.4) is 0 Å². The summed E-state index contributed by atoms with van der Waals surface area (Å²) in [6, 6.07) is 2.00. The Morgan fingerprint density at radius 3 is 2.68 bits per heavy atom. The van der Waals surface area contributed by atoms with E-state index in [2.05, 4.69) is 34.9 Å². The molecule has 6 nitrogen and oxygen atoms in total. The normalized spacial score (nSPS) is 28.6. The maximum Gasteiger partial charge on any atom is 0.150 e. The molecule has 3 unspecified atom stereocenters. The minimum Gasteiger partial charge on any atom is -0.389 e. The fourth-order valence-corrected chi connectivity index (χ4v) is 5.15. The maximum atomic E-state index is 10.4. The van der Waals surface area contributed by atoms with Crippen LogP contribution in [0.1, 0.15) is 38.1 Å². The number of piperazine rings is 1. The molecule has 1 saturated heterocycles. The Labute approximate surface area is 168 Å². The fourth-order valence-electron chi connectivity index (χ4n) is 5.15. The first-order valence-corrected chi connectivity index (χ1v) is 10.7. The average Bonchev–Trinajstić information content (AvgIpc) is 3.08. The van der Waals surface area contributed by atoms with E-state index >= 15 is 0 Å². The third-order valence-corrected chi connectivity index (χ3v) is 7.15. The lowest BCUT2D eigenvalue weighted by Gasteiger charge is -2.56. The minimum absolute atomic E-state index is 0.421.